The van der Waals surface area contributed by atoms with Crippen LogP contribution in [-0.2, 0) is 0 Å². The van der Waals surface area contributed by atoms with Crippen molar-refractivity contribution in [1.82, 2.24) is 15.0 Å². The molecule has 2 rings (SSSR count). The summed E-state index contributed by atoms with van der Waals surface area (Å²) in [4.78, 5) is 22.9. The third-order valence-electron chi connectivity index (χ3n) is 1.63. The second kappa shape index (κ2) is 4.28. The van der Waals surface area contributed by atoms with Crippen LogP contribution in [0.15, 0.2) is 43.1 Å². The van der Waals surface area contributed by atoms with Crippen LogP contribution in [0.4, 0.5) is 0 Å². The summed E-state index contributed by atoms with van der Waals surface area (Å²) in [6, 6.07) is 3.28. The normalized spacial score (nSPS) is 9.60. The Bertz CT molecular complexity index is 445. The van der Waals surface area contributed by atoms with Gasteiger partial charge in [-0.2, -0.15) is 0 Å². The zero-order valence-electron chi connectivity index (χ0n) is 7.70. The lowest BCUT2D eigenvalue weighted by Crippen LogP contribution is -2.09. The van der Waals surface area contributed by atoms with E-state index in [1.807, 2.05) is 0 Å². The molecule has 0 unspecified atom stereocenters. The van der Waals surface area contributed by atoms with Gasteiger partial charge in [-0.25, -0.2) is 9.78 Å². The van der Waals surface area contributed by atoms with Gasteiger partial charge in [-0.3, -0.25) is 9.97 Å². The number of nitrogens with zero attached hydrogens (tertiary/aromatic N) is 3. The number of pyridine rings is 1. The number of hydrogen-bond donors (Lipinski definition) is 0. The maximum atomic E-state index is 11.5. The lowest BCUT2D eigenvalue weighted by atomic mass is 10.3. The van der Waals surface area contributed by atoms with E-state index in [-0.39, 0.29) is 5.88 Å². The topological polar surface area (TPSA) is 65.0 Å². The van der Waals surface area contributed by atoms with Gasteiger partial charge in [0.25, 0.3) is 0 Å². The molecule has 0 atom stereocenters. The van der Waals surface area contributed by atoms with Crippen LogP contribution in [0, 0.1) is 0 Å². The van der Waals surface area contributed by atoms with Gasteiger partial charge in [0.2, 0.25) is 5.88 Å². The van der Waals surface area contributed by atoms with Gasteiger partial charge in [0.05, 0.1) is 11.8 Å². The van der Waals surface area contributed by atoms with Crippen molar-refractivity contribution in [2.45, 2.75) is 0 Å². The van der Waals surface area contributed by atoms with Gasteiger partial charge in [0.15, 0.2) is 0 Å². The Morgan fingerprint density at radius 3 is 2.67 bits per heavy atom. The molecule has 74 valence electrons. The minimum Gasteiger partial charge on any atom is -0.402 e. The van der Waals surface area contributed by atoms with E-state index in [1.54, 1.807) is 18.3 Å². The van der Waals surface area contributed by atoms with Crippen LogP contribution in [-0.4, -0.2) is 20.9 Å². The number of esters is 1. The molecule has 0 spiro atoms. The number of ether oxygens (including phenoxy) is 1. The van der Waals surface area contributed by atoms with Gasteiger partial charge < -0.3 is 4.74 Å². The van der Waals surface area contributed by atoms with Crippen LogP contribution >= 0.6 is 0 Å². The number of rotatable bonds is 2. The van der Waals surface area contributed by atoms with Gasteiger partial charge in [-0.05, 0) is 12.1 Å². The average Bonchev–Trinajstić information content (AvgIpc) is 2.31. The van der Waals surface area contributed by atoms with Crippen LogP contribution in [0.2, 0.25) is 0 Å². The van der Waals surface area contributed by atoms with Crippen molar-refractivity contribution < 1.29 is 9.53 Å². The van der Waals surface area contributed by atoms with Crippen molar-refractivity contribution in [3.05, 3.63) is 48.7 Å². The van der Waals surface area contributed by atoms with Gasteiger partial charge in [-0.15, -0.1) is 0 Å². The Hall–Kier alpha value is -2.30. The molecule has 0 radical (unpaired) electrons. The molecule has 2 aromatic heterocycles. The quantitative estimate of drug-likeness (QED) is 0.680. The van der Waals surface area contributed by atoms with E-state index >= 15 is 0 Å². The first-order valence-corrected chi connectivity index (χ1v) is 4.24. The minimum atomic E-state index is -0.497. The number of carbonyl (C=O) groups is 1. The predicted octanol–water partition coefficient (Wildman–Crippen LogP) is 1.09. The summed E-state index contributed by atoms with van der Waals surface area (Å²) in [6.45, 7) is 0. The zero-order chi connectivity index (χ0) is 10.5. The van der Waals surface area contributed by atoms with Crippen LogP contribution in [0.1, 0.15) is 10.4 Å². The highest BCUT2D eigenvalue weighted by molar-refractivity contribution is 5.90. The van der Waals surface area contributed by atoms with Crippen molar-refractivity contribution in [3.63, 3.8) is 0 Å². The highest BCUT2D eigenvalue weighted by Gasteiger charge is 2.08. The Kier molecular flexibility index (Phi) is 2.64. The van der Waals surface area contributed by atoms with Gasteiger partial charge in [0, 0.05) is 24.8 Å². The fraction of sp³-hybridized carbons (Fsp3) is 0. The molecule has 0 saturated heterocycles. The second-order valence-corrected chi connectivity index (χ2v) is 2.67. The maximum Gasteiger partial charge on any atom is 0.346 e. The summed E-state index contributed by atoms with van der Waals surface area (Å²) in [6.07, 6.45) is 7.33. The number of carbonyl (C=O) groups excluding carboxylic acids is 1. The van der Waals surface area contributed by atoms with Crippen LogP contribution in [0.25, 0.3) is 0 Å². The lowest BCUT2D eigenvalue weighted by Gasteiger charge is -2.00. The van der Waals surface area contributed by atoms with E-state index in [0.29, 0.717) is 5.56 Å². The monoisotopic (exact) mass is 201 g/mol. The molecule has 0 aliphatic rings. The van der Waals surface area contributed by atoms with E-state index < -0.39 is 5.97 Å². The Balaban J connectivity index is 2.12. The average molecular weight is 201 g/mol. The van der Waals surface area contributed by atoms with E-state index in [9.17, 15) is 4.79 Å². The first kappa shape index (κ1) is 9.26. The summed E-state index contributed by atoms with van der Waals surface area (Å²) in [5, 5.41) is 0. The molecule has 2 aromatic rings. The lowest BCUT2D eigenvalue weighted by molar-refractivity contribution is 0.0726. The first-order valence-electron chi connectivity index (χ1n) is 4.24. The van der Waals surface area contributed by atoms with Crippen molar-refractivity contribution in [2.24, 2.45) is 0 Å². The minimum absolute atomic E-state index is 0.173. The zero-order valence-corrected chi connectivity index (χ0v) is 7.70. The van der Waals surface area contributed by atoms with Crippen molar-refractivity contribution >= 4 is 5.97 Å². The Labute approximate surface area is 85.8 Å². The first-order chi connectivity index (χ1) is 7.36. The second-order valence-electron chi connectivity index (χ2n) is 2.67. The highest BCUT2D eigenvalue weighted by Crippen LogP contribution is 2.05. The SMILES string of the molecule is O=C(Oc1cnccn1)c1cccnc1. The third-order valence-corrected chi connectivity index (χ3v) is 1.63. The number of aromatic nitrogens is 3. The molecule has 15 heavy (non-hydrogen) atoms. The largest absolute Gasteiger partial charge is 0.402 e. The summed E-state index contributed by atoms with van der Waals surface area (Å²) in [5.41, 5.74) is 0.378. The molecule has 0 amide bonds. The molecule has 0 N–H and O–H groups in total. The van der Waals surface area contributed by atoms with E-state index in [0.717, 1.165) is 0 Å². The summed E-state index contributed by atoms with van der Waals surface area (Å²) in [7, 11) is 0. The smallest absolute Gasteiger partial charge is 0.346 e. The summed E-state index contributed by atoms with van der Waals surface area (Å²) >= 11 is 0. The fourth-order valence-corrected chi connectivity index (χ4v) is 0.976. The van der Waals surface area contributed by atoms with E-state index in [2.05, 4.69) is 15.0 Å². The molecule has 0 bridgehead atoms. The molecule has 0 saturated carbocycles. The molecule has 0 aromatic carbocycles. The van der Waals surface area contributed by atoms with Crippen LogP contribution in [0.3, 0.4) is 0 Å². The van der Waals surface area contributed by atoms with Crippen molar-refractivity contribution in [3.8, 4) is 5.88 Å². The van der Waals surface area contributed by atoms with Crippen LogP contribution < -0.4 is 4.74 Å². The van der Waals surface area contributed by atoms with Gasteiger partial charge >= 0.3 is 5.97 Å². The maximum absolute atomic E-state index is 11.5. The summed E-state index contributed by atoms with van der Waals surface area (Å²) < 4.78 is 4.95. The van der Waals surface area contributed by atoms with Crippen molar-refractivity contribution in [1.29, 1.82) is 0 Å². The molecule has 0 fully saturated rings. The van der Waals surface area contributed by atoms with Crippen LogP contribution in [0.5, 0.6) is 5.88 Å². The van der Waals surface area contributed by atoms with Gasteiger partial charge in [-0.1, -0.05) is 0 Å². The molecule has 0 aliphatic heterocycles. The van der Waals surface area contributed by atoms with E-state index in [4.69, 9.17) is 4.74 Å². The fourth-order valence-electron chi connectivity index (χ4n) is 0.976. The molecule has 5 nitrogen and oxygen atoms in total. The molecule has 0 aliphatic carbocycles. The summed E-state index contributed by atoms with van der Waals surface area (Å²) in [5.74, 6) is -0.324. The Morgan fingerprint density at radius 1 is 1.13 bits per heavy atom. The van der Waals surface area contributed by atoms with E-state index in [1.165, 1.54) is 24.8 Å². The predicted molar refractivity (Wildman–Crippen MR) is 51.2 cm³/mol. The van der Waals surface area contributed by atoms with Gasteiger partial charge in [0.1, 0.15) is 0 Å². The molecule has 5 heteroatoms. The standard InChI is InChI=1S/C10H7N3O2/c14-10(8-2-1-3-11-6-8)15-9-7-12-4-5-13-9/h1-7H. The highest BCUT2D eigenvalue weighted by atomic mass is 16.5. The molecular formula is C10H7N3O2. The Morgan fingerprint density at radius 2 is 2.00 bits per heavy atom. The van der Waals surface area contributed by atoms with Crippen molar-refractivity contribution in [2.75, 3.05) is 0 Å². The number of hydrogen-bond acceptors (Lipinski definition) is 5. The third kappa shape index (κ3) is 2.34. The molecular weight excluding hydrogens is 194 g/mol. The molecule has 2 heterocycles.